The first-order chi connectivity index (χ1) is 11.7. The van der Waals surface area contributed by atoms with Crippen LogP contribution in [0, 0.1) is 0 Å². The lowest BCUT2D eigenvalue weighted by Crippen LogP contribution is -2.60. The van der Waals surface area contributed by atoms with Gasteiger partial charge in [-0.05, 0) is 30.9 Å². The van der Waals surface area contributed by atoms with Crippen LogP contribution >= 0.6 is 0 Å². The van der Waals surface area contributed by atoms with Gasteiger partial charge in [-0.1, -0.05) is 24.3 Å². The molecule has 2 fully saturated rings. The zero-order valence-electron chi connectivity index (χ0n) is 13.7. The summed E-state index contributed by atoms with van der Waals surface area (Å²) in [6.45, 7) is 1.75. The van der Waals surface area contributed by atoms with Crippen molar-refractivity contribution in [2.24, 2.45) is 0 Å². The van der Waals surface area contributed by atoms with Gasteiger partial charge in [0, 0.05) is 0 Å². The summed E-state index contributed by atoms with van der Waals surface area (Å²) >= 11 is 0. The van der Waals surface area contributed by atoms with Gasteiger partial charge in [-0.15, -0.1) is 0 Å². The lowest BCUT2D eigenvalue weighted by molar-refractivity contribution is -0.132. The molecule has 25 heavy (non-hydrogen) atoms. The van der Waals surface area contributed by atoms with Crippen molar-refractivity contribution in [3.05, 3.63) is 35.4 Å². The van der Waals surface area contributed by atoms with Crippen molar-refractivity contribution in [1.82, 2.24) is 16.0 Å². The van der Waals surface area contributed by atoms with Crippen molar-refractivity contribution in [2.75, 3.05) is 0 Å². The molecule has 8 heteroatoms. The van der Waals surface area contributed by atoms with E-state index < -0.39 is 24.2 Å². The van der Waals surface area contributed by atoms with Crippen LogP contribution in [0.5, 0.6) is 0 Å². The van der Waals surface area contributed by atoms with Crippen LogP contribution in [0.3, 0.4) is 0 Å². The van der Waals surface area contributed by atoms with E-state index in [0.717, 1.165) is 18.4 Å². The second-order valence-corrected chi connectivity index (χ2v) is 6.77. The molecule has 1 saturated carbocycles. The largest absolute Gasteiger partial charge is 0.393 e. The molecule has 1 aliphatic heterocycles. The average Bonchev–Trinajstić information content (AvgIpc) is 3.26. The third kappa shape index (κ3) is 4.31. The van der Waals surface area contributed by atoms with E-state index in [9.17, 15) is 22.8 Å². The molecule has 1 aliphatic carbocycles. The smallest absolute Gasteiger partial charge is 0.345 e. The molecular formula is C17H20F3N3O2. The summed E-state index contributed by atoms with van der Waals surface area (Å²) in [5.41, 5.74) is 0.449. The summed E-state index contributed by atoms with van der Waals surface area (Å²) in [7, 11) is 0. The maximum absolute atomic E-state index is 12.5. The minimum Gasteiger partial charge on any atom is -0.345 e. The zero-order valence-corrected chi connectivity index (χ0v) is 13.7. The summed E-state index contributed by atoms with van der Waals surface area (Å²) in [5.74, 6) is -0.452. The Morgan fingerprint density at radius 1 is 1.28 bits per heavy atom. The van der Waals surface area contributed by atoms with Gasteiger partial charge >= 0.3 is 6.18 Å². The highest BCUT2D eigenvalue weighted by Crippen LogP contribution is 2.45. The van der Waals surface area contributed by atoms with Crippen LogP contribution in [0.1, 0.15) is 37.3 Å². The molecule has 0 aromatic heterocycles. The lowest BCUT2D eigenvalue weighted by Gasteiger charge is -2.30. The second kappa shape index (κ2) is 6.33. The van der Waals surface area contributed by atoms with Crippen molar-refractivity contribution in [3.8, 4) is 0 Å². The predicted molar refractivity (Wildman–Crippen MR) is 84.4 cm³/mol. The Bertz CT molecular complexity index is 669. The molecule has 136 valence electrons. The van der Waals surface area contributed by atoms with Gasteiger partial charge in [-0.25, -0.2) is 0 Å². The van der Waals surface area contributed by atoms with Gasteiger partial charge in [-0.3, -0.25) is 14.9 Å². The highest BCUT2D eigenvalue weighted by molar-refractivity contribution is 5.90. The Morgan fingerprint density at radius 3 is 2.44 bits per heavy atom. The van der Waals surface area contributed by atoms with Crippen LogP contribution in [-0.4, -0.2) is 30.2 Å². The Morgan fingerprint density at radius 2 is 1.92 bits per heavy atom. The number of hydrogen-bond donors (Lipinski definition) is 3. The number of alkyl halides is 3. The van der Waals surface area contributed by atoms with Crippen molar-refractivity contribution < 1.29 is 22.8 Å². The van der Waals surface area contributed by atoms with Crippen LogP contribution in [0.25, 0.3) is 0 Å². The summed E-state index contributed by atoms with van der Waals surface area (Å²) < 4.78 is 37.3. The molecule has 2 aliphatic rings. The third-order valence-electron chi connectivity index (χ3n) is 4.56. The van der Waals surface area contributed by atoms with Crippen molar-refractivity contribution in [1.29, 1.82) is 0 Å². The van der Waals surface area contributed by atoms with Crippen LogP contribution in [0.2, 0.25) is 0 Å². The van der Waals surface area contributed by atoms with E-state index in [1.54, 1.807) is 19.1 Å². The minimum absolute atomic E-state index is 0.0662. The van der Waals surface area contributed by atoms with E-state index in [4.69, 9.17) is 0 Å². The van der Waals surface area contributed by atoms with Gasteiger partial charge in [0.15, 0.2) is 0 Å². The first-order valence-corrected chi connectivity index (χ1v) is 8.20. The first kappa shape index (κ1) is 17.7. The summed E-state index contributed by atoms with van der Waals surface area (Å²) in [4.78, 5) is 24.0. The molecule has 0 spiro atoms. The molecule has 2 atom stereocenters. The highest BCUT2D eigenvalue weighted by Gasteiger charge is 2.47. The fourth-order valence-electron chi connectivity index (χ4n) is 3.16. The van der Waals surface area contributed by atoms with Crippen molar-refractivity contribution >= 4 is 11.8 Å². The molecule has 1 aromatic carbocycles. The molecular weight excluding hydrogens is 335 g/mol. The second-order valence-electron chi connectivity index (χ2n) is 6.77. The molecule has 1 aromatic rings. The topological polar surface area (TPSA) is 70.2 Å². The van der Waals surface area contributed by atoms with Gasteiger partial charge in [0.05, 0.1) is 30.6 Å². The molecule has 3 N–H and O–H groups in total. The Labute approximate surface area is 143 Å². The Balaban J connectivity index is 1.66. The van der Waals surface area contributed by atoms with Crippen molar-refractivity contribution in [3.63, 3.8) is 0 Å². The normalized spacial score (nSPS) is 25.2. The number of nitrogens with one attached hydrogen (secondary N) is 3. The fourth-order valence-corrected chi connectivity index (χ4v) is 3.16. The zero-order chi connectivity index (χ0) is 18.2. The molecule has 5 nitrogen and oxygen atoms in total. The molecule has 3 rings (SSSR count). The van der Waals surface area contributed by atoms with E-state index in [-0.39, 0.29) is 30.0 Å². The van der Waals surface area contributed by atoms with Crippen LogP contribution in [0.15, 0.2) is 24.3 Å². The molecule has 2 unspecified atom stereocenters. The van der Waals surface area contributed by atoms with E-state index >= 15 is 0 Å². The third-order valence-corrected chi connectivity index (χ3v) is 4.56. The van der Waals surface area contributed by atoms with E-state index in [1.165, 1.54) is 12.1 Å². The fraction of sp³-hybridized carbons (Fsp3) is 0.529. The number of carbonyl (C=O) groups excluding carboxylic acids is 2. The molecule has 0 bridgehead atoms. The van der Waals surface area contributed by atoms with Crippen molar-refractivity contribution in [2.45, 2.75) is 56.5 Å². The summed E-state index contributed by atoms with van der Waals surface area (Å²) in [5, 5.41) is 8.65. The Hall–Kier alpha value is -2.09. The van der Waals surface area contributed by atoms with E-state index in [0.29, 0.717) is 0 Å². The number of halogens is 3. The van der Waals surface area contributed by atoms with Crippen LogP contribution < -0.4 is 16.0 Å². The maximum atomic E-state index is 12.5. The molecule has 0 radical (unpaired) electrons. The van der Waals surface area contributed by atoms with E-state index in [2.05, 4.69) is 16.0 Å². The standard InChI is InChI=1S/C17H20F3N3O2/c1-10-21-13(8-14(24)22-10)15(25)23-16(6-7-16)12-4-2-11(3-5-12)9-17(18,19)20/h2-5,10,13,21H,6-9H2,1H3,(H,22,24)(H,23,25). The monoisotopic (exact) mass is 355 g/mol. The number of benzene rings is 1. The van der Waals surface area contributed by atoms with Crippen LogP contribution in [-0.2, 0) is 21.5 Å². The summed E-state index contributed by atoms with van der Waals surface area (Å²) in [6.07, 6.45) is -3.97. The number of carbonyl (C=O) groups is 2. The molecule has 1 saturated heterocycles. The Kier molecular flexibility index (Phi) is 4.49. The van der Waals surface area contributed by atoms with Crippen LogP contribution in [0.4, 0.5) is 13.2 Å². The minimum atomic E-state index is -4.24. The average molecular weight is 355 g/mol. The van der Waals surface area contributed by atoms with Gasteiger partial charge in [0.25, 0.3) is 0 Å². The number of amides is 2. The predicted octanol–water partition coefficient (Wildman–Crippen LogP) is 1.72. The van der Waals surface area contributed by atoms with Gasteiger partial charge in [0.2, 0.25) is 11.8 Å². The molecule has 1 heterocycles. The highest BCUT2D eigenvalue weighted by atomic mass is 19.4. The van der Waals surface area contributed by atoms with Gasteiger partial charge in [-0.2, -0.15) is 13.2 Å². The van der Waals surface area contributed by atoms with Gasteiger partial charge in [0.1, 0.15) is 0 Å². The van der Waals surface area contributed by atoms with E-state index in [1.807, 2.05) is 0 Å². The number of rotatable bonds is 4. The maximum Gasteiger partial charge on any atom is 0.393 e. The quantitative estimate of drug-likeness (QED) is 0.770. The number of hydrogen-bond acceptors (Lipinski definition) is 3. The summed E-state index contributed by atoms with van der Waals surface area (Å²) in [6, 6.07) is 5.56. The SMILES string of the molecule is CC1NC(=O)CC(C(=O)NC2(c3ccc(CC(F)(F)F)cc3)CC2)N1. The molecule has 2 amide bonds. The lowest BCUT2D eigenvalue weighted by atomic mass is 10.0. The van der Waals surface area contributed by atoms with Gasteiger partial charge < -0.3 is 10.6 Å². The first-order valence-electron chi connectivity index (χ1n) is 8.20.